The summed E-state index contributed by atoms with van der Waals surface area (Å²) in [6.45, 7) is 4.99. The summed E-state index contributed by atoms with van der Waals surface area (Å²) in [6.07, 6.45) is 68.3. The van der Waals surface area contributed by atoms with Gasteiger partial charge in [0.05, 0.1) is 6.10 Å². The molecule has 4 nitrogen and oxygen atoms in total. The standard InChI is InChI=1S/C58H113NO3/c1-3-5-7-9-11-13-15-17-19-21-22-23-25-27-31-35-39-43-47-51-56(60)52-48-44-40-36-32-29-26-30-34-38-42-46-50-54-58(62)59-55-57(61)53-49-45-41-37-33-28-24-20-18-16-14-12-10-8-6-4-2/h17,19,57,61H,3-16,18,20-55H2,1-2H3,(H,59,62)/t57-/m1/s1. The summed E-state index contributed by atoms with van der Waals surface area (Å²) in [6, 6.07) is 0. The van der Waals surface area contributed by atoms with Crippen LogP contribution in [0.15, 0.2) is 12.2 Å². The number of carbonyl (C=O) groups excluding carboxylic acids is 2. The van der Waals surface area contributed by atoms with Gasteiger partial charge in [0.25, 0.3) is 0 Å². The van der Waals surface area contributed by atoms with Crippen molar-refractivity contribution < 1.29 is 14.7 Å². The molecule has 0 unspecified atom stereocenters. The molecule has 1 atom stereocenters. The van der Waals surface area contributed by atoms with E-state index < -0.39 is 6.10 Å². The van der Waals surface area contributed by atoms with E-state index in [-0.39, 0.29) is 5.91 Å². The summed E-state index contributed by atoms with van der Waals surface area (Å²) in [4.78, 5) is 24.5. The van der Waals surface area contributed by atoms with Crippen molar-refractivity contribution in [2.45, 2.75) is 341 Å². The van der Waals surface area contributed by atoms with Crippen LogP contribution in [0.2, 0.25) is 0 Å². The van der Waals surface area contributed by atoms with E-state index in [0.29, 0.717) is 18.7 Å². The van der Waals surface area contributed by atoms with Gasteiger partial charge in [-0.05, 0) is 51.4 Å². The largest absolute Gasteiger partial charge is 0.391 e. The Balaban J connectivity index is 3.29. The van der Waals surface area contributed by atoms with Gasteiger partial charge in [-0.1, -0.05) is 276 Å². The summed E-state index contributed by atoms with van der Waals surface area (Å²) < 4.78 is 0. The minimum atomic E-state index is -0.400. The molecular formula is C58H113NO3. The Morgan fingerprint density at radius 3 is 0.935 bits per heavy atom. The van der Waals surface area contributed by atoms with E-state index in [1.807, 2.05) is 0 Å². The molecule has 4 heteroatoms. The molecule has 368 valence electrons. The van der Waals surface area contributed by atoms with Crippen molar-refractivity contribution >= 4 is 11.7 Å². The number of carbonyl (C=O) groups is 2. The molecule has 0 spiro atoms. The van der Waals surface area contributed by atoms with Gasteiger partial charge >= 0.3 is 0 Å². The topological polar surface area (TPSA) is 66.4 Å². The van der Waals surface area contributed by atoms with Gasteiger partial charge in [0.15, 0.2) is 0 Å². The number of hydrogen-bond donors (Lipinski definition) is 2. The second-order valence-electron chi connectivity index (χ2n) is 19.9. The van der Waals surface area contributed by atoms with Crippen LogP contribution in [0.1, 0.15) is 335 Å². The number of hydrogen-bond acceptors (Lipinski definition) is 3. The lowest BCUT2D eigenvalue weighted by Crippen LogP contribution is -2.31. The fourth-order valence-electron chi connectivity index (χ4n) is 9.13. The highest BCUT2D eigenvalue weighted by Gasteiger charge is 2.08. The predicted molar refractivity (Wildman–Crippen MR) is 275 cm³/mol. The number of Topliss-reactive ketones (excluding diaryl/α,β-unsaturated/α-hetero) is 1. The van der Waals surface area contributed by atoms with Crippen LogP contribution in [0.3, 0.4) is 0 Å². The first kappa shape index (κ1) is 60.8. The lowest BCUT2D eigenvalue weighted by Gasteiger charge is -2.12. The van der Waals surface area contributed by atoms with Gasteiger partial charge in [-0.2, -0.15) is 0 Å². The SMILES string of the molecule is CCCCCCCCC=CCCCCCCCCCCCC(=O)CCCCCCCCCCCCCCCC(=O)NC[C@H](O)CCCCCCCCCCCCCCCCCC. The van der Waals surface area contributed by atoms with E-state index in [4.69, 9.17) is 0 Å². The normalized spacial score (nSPS) is 12.2. The molecule has 2 N–H and O–H groups in total. The number of aliphatic hydroxyl groups excluding tert-OH is 1. The first-order valence-electron chi connectivity index (χ1n) is 28.7. The van der Waals surface area contributed by atoms with Crippen molar-refractivity contribution in [1.29, 1.82) is 0 Å². The van der Waals surface area contributed by atoms with Crippen LogP contribution in [-0.2, 0) is 9.59 Å². The minimum absolute atomic E-state index is 0.104. The molecule has 0 bridgehead atoms. The number of ketones is 1. The molecule has 0 fully saturated rings. The number of nitrogens with one attached hydrogen (secondary N) is 1. The molecule has 0 rings (SSSR count). The van der Waals surface area contributed by atoms with Crippen molar-refractivity contribution in [1.82, 2.24) is 5.32 Å². The van der Waals surface area contributed by atoms with Gasteiger partial charge in [0.2, 0.25) is 5.91 Å². The van der Waals surface area contributed by atoms with E-state index in [1.165, 1.54) is 263 Å². The molecule has 0 saturated heterocycles. The van der Waals surface area contributed by atoms with E-state index in [0.717, 1.165) is 51.4 Å². The average Bonchev–Trinajstić information content (AvgIpc) is 3.27. The highest BCUT2D eigenvalue weighted by molar-refractivity contribution is 5.78. The molecule has 1 amide bonds. The Hall–Kier alpha value is -1.16. The van der Waals surface area contributed by atoms with E-state index in [9.17, 15) is 14.7 Å². The van der Waals surface area contributed by atoms with Gasteiger partial charge in [0.1, 0.15) is 5.78 Å². The molecule has 0 aromatic rings. The molecule has 0 heterocycles. The van der Waals surface area contributed by atoms with E-state index >= 15 is 0 Å². The second-order valence-corrected chi connectivity index (χ2v) is 19.9. The monoisotopic (exact) mass is 872 g/mol. The quantitative estimate of drug-likeness (QED) is 0.0473. The van der Waals surface area contributed by atoms with Gasteiger partial charge < -0.3 is 10.4 Å². The van der Waals surface area contributed by atoms with E-state index in [1.54, 1.807) is 0 Å². The number of rotatable bonds is 54. The maximum absolute atomic E-state index is 12.3. The first-order chi connectivity index (χ1) is 30.6. The lowest BCUT2D eigenvalue weighted by atomic mass is 10.0. The van der Waals surface area contributed by atoms with Crippen LogP contribution in [0, 0.1) is 0 Å². The molecule has 0 saturated carbocycles. The lowest BCUT2D eigenvalue weighted by molar-refractivity contribution is -0.121. The Morgan fingerprint density at radius 2 is 0.613 bits per heavy atom. The third-order valence-corrected chi connectivity index (χ3v) is 13.5. The smallest absolute Gasteiger partial charge is 0.220 e. The molecule has 0 aliphatic carbocycles. The van der Waals surface area contributed by atoms with E-state index in [2.05, 4.69) is 31.3 Å². The number of aliphatic hydroxyl groups is 1. The molecular weight excluding hydrogens is 759 g/mol. The molecule has 0 aromatic carbocycles. The summed E-state index contributed by atoms with van der Waals surface area (Å²) in [7, 11) is 0. The number of amides is 1. The molecule has 0 aliphatic heterocycles. The molecule has 0 radical (unpaired) electrons. The van der Waals surface area contributed by atoms with Crippen LogP contribution in [0.5, 0.6) is 0 Å². The Morgan fingerprint density at radius 1 is 0.355 bits per heavy atom. The number of unbranched alkanes of at least 4 members (excludes halogenated alkanes) is 42. The number of allylic oxidation sites excluding steroid dienone is 2. The average molecular weight is 873 g/mol. The van der Waals surface area contributed by atoms with Crippen LogP contribution in [0.4, 0.5) is 0 Å². The van der Waals surface area contributed by atoms with Crippen LogP contribution in [0.25, 0.3) is 0 Å². The van der Waals surface area contributed by atoms with Crippen molar-refractivity contribution in [3.8, 4) is 0 Å². The Bertz CT molecular complexity index is 901. The summed E-state index contributed by atoms with van der Waals surface area (Å²) in [5.74, 6) is 0.604. The molecule has 62 heavy (non-hydrogen) atoms. The van der Waals surface area contributed by atoms with Crippen molar-refractivity contribution in [3.05, 3.63) is 12.2 Å². The van der Waals surface area contributed by atoms with Gasteiger partial charge in [-0.15, -0.1) is 0 Å². The summed E-state index contributed by atoms with van der Waals surface area (Å²) >= 11 is 0. The third kappa shape index (κ3) is 53.2. The van der Waals surface area contributed by atoms with Gasteiger partial charge in [-0.25, -0.2) is 0 Å². The Kier molecular flexibility index (Phi) is 53.2. The fourth-order valence-corrected chi connectivity index (χ4v) is 9.13. The van der Waals surface area contributed by atoms with Crippen LogP contribution < -0.4 is 5.32 Å². The van der Waals surface area contributed by atoms with Crippen LogP contribution >= 0.6 is 0 Å². The fraction of sp³-hybridized carbons (Fsp3) is 0.931. The Labute approximate surface area is 390 Å². The zero-order chi connectivity index (χ0) is 44.9. The second kappa shape index (κ2) is 54.2. The summed E-state index contributed by atoms with van der Waals surface area (Å²) in [5.41, 5.74) is 0. The molecule has 0 aliphatic rings. The first-order valence-corrected chi connectivity index (χ1v) is 28.7. The van der Waals surface area contributed by atoms with Crippen molar-refractivity contribution in [2.75, 3.05) is 6.54 Å². The third-order valence-electron chi connectivity index (χ3n) is 13.5. The highest BCUT2D eigenvalue weighted by Crippen LogP contribution is 2.17. The van der Waals surface area contributed by atoms with Gasteiger partial charge in [-0.3, -0.25) is 9.59 Å². The zero-order valence-electron chi connectivity index (χ0n) is 42.6. The maximum atomic E-state index is 12.3. The van der Waals surface area contributed by atoms with Crippen molar-refractivity contribution in [2.24, 2.45) is 0 Å². The maximum Gasteiger partial charge on any atom is 0.220 e. The minimum Gasteiger partial charge on any atom is -0.391 e. The highest BCUT2D eigenvalue weighted by atomic mass is 16.3. The van der Waals surface area contributed by atoms with Gasteiger partial charge in [0, 0.05) is 25.8 Å². The zero-order valence-corrected chi connectivity index (χ0v) is 42.6. The summed E-state index contributed by atoms with van der Waals surface area (Å²) in [5, 5.41) is 13.3. The molecule has 0 aromatic heterocycles. The van der Waals surface area contributed by atoms with Crippen molar-refractivity contribution in [3.63, 3.8) is 0 Å². The van der Waals surface area contributed by atoms with Crippen LogP contribution in [-0.4, -0.2) is 29.4 Å². The predicted octanol–water partition coefficient (Wildman–Crippen LogP) is 19.1.